The molecule has 2 aromatic carbocycles. The molecule has 0 fully saturated rings. The van der Waals surface area contributed by atoms with Gasteiger partial charge < -0.3 is 0 Å². The average Bonchev–Trinajstić information content (AvgIpc) is 2.63. The van der Waals surface area contributed by atoms with Gasteiger partial charge in [-0.2, -0.15) is 0 Å². The molecule has 3 nitrogen and oxygen atoms in total. The molecule has 0 amide bonds. The van der Waals surface area contributed by atoms with Crippen LogP contribution in [0.1, 0.15) is 27.0 Å². The van der Waals surface area contributed by atoms with Crippen molar-refractivity contribution in [1.82, 2.24) is 10.2 Å². The van der Waals surface area contributed by atoms with Gasteiger partial charge in [-0.25, -0.2) is 0 Å². The van der Waals surface area contributed by atoms with Crippen molar-refractivity contribution in [2.75, 3.05) is 5.75 Å². The first-order valence-corrected chi connectivity index (χ1v) is 9.15. The number of Topliss-reactive ketones (excluding diaryl/α,β-unsaturated/α-hetero) is 1. The second kappa shape index (κ2) is 7.62. The van der Waals surface area contributed by atoms with E-state index in [1.54, 1.807) is 0 Å². The quantitative estimate of drug-likeness (QED) is 0.478. The number of hydrogen-bond donors (Lipinski definition) is 0. The number of carbonyl (C=O) groups is 1. The van der Waals surface area contributed by atoms with E-state index in [4.69, 9.17) is 0 Å². The third kappa shape index (κ3) is 4.34. The lowest BCUT2D eigenvalue weighted by molar-refractivity contribution is 0.102. The Morgan fingerprint density at radius 1 is 0.880 bits per heavy atom. The van der Waals surface area contributed by atoms with Crippen LogP contribution in [-0.4, -0.2) is 21.7 Å². The molecule has 0 saturated carbocycles. The van der Waals surface area contributed by atoms with Crippen LogP contribution in [0, 0.1) is 20.8 Å². The van der Waals surface area contributed by atoms with Gasteiger partial charge in [-0.05, 0) is 50.1 Å². The topological polar surface area (TPSA) is 42.9 Å². The van der Waals surface area contributed by atoms with Gasteiger partial charge in [0, 0.05) is 11.1 Å². The predicted octanol–water partition coefficient (Wildman–Crippen LogP) is 5.04. The summed E-state index contributed by atoms with van der Waals surface area (Å²) in [4.78, 5) is 12.2. The molecule has 25 heavy (non-hydrogen) atoms. The molecular formula is C21H20N2OS. The van der Waals surface area contributed by atoms with Crippen LogP contribution in [0.2, 0.25) is 0 Å². The maximum atomic E-state index is 12.2. The molecule has 0 unspecified atom stereocenters. The maximum Gasteiger partial charge on any atom is 0.173 e. The van der Waals surface area contributed by atoms with Crippen molar-refractivity contribution in [2.24, 2.45) is 0 Å². The Labute approximate surface area is 152 Å². The van der Waals surface area contributed by atoms with Crippen molar-refractivity contribution < 1.29 is 4.79 Å². The van der Waals surface area contributed by atoms with Crippen LogP contribution in [0.3, 0.4) is 0 Å². The maximum absolute atomic E-state index is 12.2. The molecule has 0 spiro atoms. The van der Waals surface area contributed by atoms with Gasteiger partial charge in [-0.15, -0.1) is 10.2 Å². The summed E-state index contributed by atoms with van der Waals surface area (Å²) in [6, 6.07) is 17.8. The van der Waals surface area contributed by atoms with Gasteiger partial charge in [0.2, 0.25) is 0 Å². The number of hydrogen-bond acceptors (Lipinski definition) is 4. The van der Waals surface area contributed by atoms with E-state index in [-0.39, 0.29) is 5.78 Å². The molecule has 0 N–H and O–H groups in total. The molecule has 4 heteroatoms. The summed E-state index contributed by atoms with van der Waals surface area (Å²) in [5.41, 5.74) is 6.29. The molecule has 0 atom stereocenters. The van der Waals surface area contributed by atoms with Gasteiger partial charge >= 0.3 is 0 Å². The Hall–Kier alpha value is -2.46. The number of rotatable bonds is 5. The minimum absolute atomic E-state index is 0.102. The lowest BCUT2D eigenvalue weighted by Gasteiger charge is -2.05. The Morgan fingerprint density at radius 2 is 1.64 bits per heavy atom. The van der Waals surface area contributed by atoms with E-state index in [1.165, 1.54) is 22.9 Å². The molecule has 1 aromatic heterocycles. The largest absolute Gasteiger partial charge is 0.293 e. The minimum Gasteiger partial charge on any atom is -0.293 e. The summed E-state index contributed by atoms with van der Waals surface area (Å²) in [6.07, 6.45) is 0. The second-order valence-corrected chi connectivity index (χ2v) is 7.13. The second-order valence-electron chi connectivity index (χ2n) is 6.13. The lowest BCUT2D eigenvalue weighted by Crippen LogP contribution is -2.02. The summed E-state index contributed by atoms with van der Waals surface area (Å²) < 4.78 is 0. The van der Waals surface area contributed by atoms with Crippen molar-refractivity contribution in [3.05, 3.63) is 76.9 Å². The summed E-state index contributed by atoms with van der Waals surface area (Å²) in [7, 11) is 0. The van der Waals surface area contributed by atoms with Crippen molar-refractivity contribution in [2.45, 2.75) is 25.8 Å². The van der Waals surface area contributed by atoms with Gasteiger partial charge in [0.25, 0.3) is 0 Å². The van der Waals surface area contributed by atoms with Crippen LogP contribution in [0.15, 0.2) is 59.6 Å². The zero-order valence-corrected chi connectivity index (χ0v) is 15.4. The third-order valence-electron chi connectivity index (χ3n) is 4.17. The smallest absolute Gasteiger partial charge is 0.173 e. The molecule has 0 aliphatic rings. The Kier molecular flexibility index (Phi) is 5.29. The highest BCUT2D eigenvalue weighted by atomic mass is 32.2. The normalized spacial score (nSPS) is 10.7. The van der Waals surface area contributed by atoms with E-state index < -0.39 is 0 Å². The van der Waals surface area contributed by atoms with Crippen LogP contribution in [0.4, 0.5) is 0 Å². The molecule has 0 radical (unpaired) electrons. The van der Waals surface area contributed by atoms with Gasteiger partial charge in [0.15, 0.2) is 5.78 Å². The first kappa shape index (κ1) is 17.4. The number of ketones is 1. The van der Waals surface area contributed by atoms with Crippen LogP contribution < -0.4 is 0 Å². The number of aryl methyl sites for hydroxylation is 3. The van der Waals surface area contributed by atoms with E-state index in [0.717, 1.165) is 27.4 Å². The van der Waals surface area contributed by atoms with Gasteiger partial charge in [0.05, 0.1) is 11.4 Å². The standard InChI is InChI=1S/C21H20N2OS/c1-14-4-7-17(8-5-14)20(24)13-25-21-11-10-19(22-23-21)18-9-6-15(2)16(3)12-18/h4-12H,13H2,1-3H3. The number of benzene rings is 2. The van der Waals surface area contributed by atoms with Crippen LogP contribution in [0.5, 0.6) is 0 Å². The zero-order valence-electron chi connectivity index (χ0n) is 14.6. The first-order chi connectivity index (χ1) is 12.0. The van der Waals surface area contributed by atoms with Crippen molar-refractivity contribution in [1.29, 1.82) is 0 Å². The zero-order chi connectivity index (χ0) is 17.8. The SMILES string of the molecule is Cc1ccc(C(=O)CSc2ccc(-c3ccc(C)c(C)c3)nn2)cc1. The fourth-order valence-corrected chi connectivity index (χ4v) is 3.12. The highest BCUT2D eigenvalue weighted by Crippen LogP contribution is 2.22. The fraction of sp³-hybridized carbons (Fsp3) is 0.190. The van der Waals surface area contributed by atoms with E-state index in [0.29, 0.717) is 5.75 Å². The van der Waals surface area contributed by atoms with E-state index in [1.807, 2.05) is 43.3 Å². The number of carbonyl (C=O) groups excluding carboxylic acids is 1. The number of nitrogens with zero attached hydrogens (tertiary/aromatic N) is 2. The molecule has 0 aliphatic heterocycles. The monoisotopic (exact) mass is 348 g/mol. The Bertz CT molecular complexity index is 887. The molecule has 0 aliphatic carbocycles. The number of aromatic nitrogens is 2. The molecule has 0 bridgehead atoms. The molecule has 126 valence electrons. The van der Waals surface area contributed by atoms with E-state index >= 15 is 0 Å². The van der Waals surface area contributed by atoms with Gasteiger partial charge in [0.1, 0.15) is 5.03 Å². The van der Waals surface area contributed by atoms with E-state index in [2.05, 4.69) is 42.2 Å². The van der Waals surface area contributed by atoms with Gasteiger partial charge in [-0.3, -0.25) is 4.79 Å². The molecule has 3 rings (SSSR count). The minimum atomic E-state index is 0.102. The average molecular weight is 348 g/mol. The summed E-state index contributed by atoms with van der Waals surface area (Å²) in [5.74, 6) is 0.464. The van der Waals surface area contributed by atoms with Crippen molar-refractivity contribution in [3.8, 4) is 11.3 Å². The Balaban J connectivity index is 1.65. The molecular weight excluding hydrogens is 328 g/mol. The van der Waals surface area contributed by atoms with E-state index in [9.17, 15) is 4.79 Å². The summed E-state index contributed by atoms with van der Waals surface area (Å²) >= 11 is 1.41. The highest BCUT2D eigenvalue weighted by molar-refractivity contribution is 7.99. The third-order valence-corrected chi connectivity index (χ3v) is 5.09. The van der Waals surface area contributed by atoms with Crippen molar-refractivity contribution >= 4 is 17.5 Å². The molecule has 1 heterocycles. The van der Waals surface area contributed by atoms with Crippen LogP contribution >= 0.6 is 11.8 Å². The van der Waals surface area contributed by atoms with Gasteiger partial charge in [-0.1, -0.05) is 53.7 Å². The Morgan fingerprint density at radius 3 is 2.28 bits per heavy atom. The van der Waals surface area contributed by atoms with Crippen LogP contribution in [0.25, 0.3) is 11.3 Å². The fourth-order valence-electron chi connectivity index (χ4n) is 2.41. The van der Waals surface area contributed by atoms with Crippen molar-refractivity contribution in [3.63, 3.8) is 0 Å². The summed E-state index contributed by atoms with van der Waals surface area (Å²) in [6.45, 7) is 6.19. The molecule has 0 saturated heterocycles. The molecule has 3 aromatic rings. The summed E-state index contributed by atoms with van der Waals surface area (Å²) in [5, 5.41) is 9.30. The first-order valence-electron chi connectivity index (χ1n) is 8.17. The van der Waals surface area contributed by atoms with Crippen LogP contribution in [-0.2, 0) is 0 Å². The number of thioether (sulfide) groups is 1. The predicted molar refractivity (Wildman–Crippen MR) is 103 cm³/mol. The lowest BCUT2D eigenvalue weighted by atomic mass is 10.0. The highest BCUT2D eigenvalue weighted by Gasteiger charge is 2.08.